The van der Waals surface area contributed by atoms with Gasteiger partial charge in [0.25, 0.3) is 0 Å². The number of ether oxygens (including phenoxy) is 2. The molecule has 1 aromatic carbocycles. The molecule has 5 atom stereocenters. The van der Waals surface area contributed by atoms with Gasteiger partial charge in [0.2, 0.25) is 11.8 Å². The number of hydrogen-bond acceptors (Lipinski definition) is 4. The van der Waals surface area contributed by atoms with Crippen LogP contribution in [0.1, 0.15) is 63.7 Å². The average molecular weight is 427 g/mol. The molecule has 0 unspecified atom stereocenters. The van der Waals surface area contributed by atoms with Gasteiger partial charge in [0.15, 0.2) is 0 Å². The Morgan fingerprint density at radius 1 is 1.16 bits per heavy atom. The van der Waals surface area contributed by atoms with Crippen LogP contribution < -0.4 is 4.74 Å². The minimum absolute atomic E-state index is 0.00424. The maximum atomic E-state index is 13.3. The molecule has 31 heavy (non-hydrogen) atoms. The lowest BCUT2D eigenvalue weighted by Gasteiger charge is -2.53. The molecule has 3 saturated heterocycles. The van der Waals surface area contributed by atoms with Gasteiger partial charge in [-0.1, -0.05) is 12.1 Å². The van der Waals surface area contributed by atoms with Gasteiger partial charge in [-0.05, 0) is 58.1 Å². The number of aryl methyl sites for hydroxylation is 1. The van der Waals surface area contributed by atoms with Gasteiger partial charge >= 0.3 is 0 Å². The van der Waals surface area contributed by atoms with E-state index in [-0.39, 0.29) is 41.6 Å². The molecule has 5 rings (SSSR count). The average Bonchev–Trinajstić information content (AvgIpc) is 3.21. The van der Waals surface area contributed by atoms with Crippen molar-refractivity contribution >= 4 is 11.8 Å². The molecule has 4 aliphatic heterocycles. The summed E-state index contributed by atoms with van der Waals surface area (Å²) in [5.74, 6) is 1.63. The van der Waals surface area contributed by atoms with Crippen LogP contribution in [0.2, 0.25) is 0 Å². The lowest BCUT2D eigenvalue weighted by molar-refractivity contribution is -0.189. The molecule has 1 aromatic rings. The van der Waals surface area contributed by atoms with Gasteiger partial charge in [0.1, 0.15) is 17.4 Å². The summed E-state index contributed by atoms with van der Waals surface area (Å²) < 4.78 is 13.2. The molecular formula is C25H34N2O4. The molecule has 0 N–H and O–H groups in total. The van der Waals surface area contributed by atoms with Crippen LogP contribution in [0.3, 0.4) is 0 Å². The summed E-state index contributed by atoms with van der Waals surface area (Å²) in [5, 5.41) is 0. The van der Waals surface area contributed by atoms with Gasteiger partial charge in [-0.3, -0.25) is 9.59 Å². The third kappa shape index (κ3) is 3.53. The number of likely N-dealkylation sites (tertiary alicyclic amines) is 2. The maximum Gasteiger partial charge on any atom is 0.245 e. The van der Waals surface area contributed by atoms with Crippen LogP contribution in [-0.4, -0.2) is 59.0 Å². The molecule has 0 aliphatic carbocycles. The first-order valence-electron chi connectivity index (χ1n) is 11.8. The van der Waals surface area contributed by atoms with Crippen LogP contribution in [0.4, 0.5) is 0 Å². The van der Waals surface area contributed by atoms with Gasteiger partial charge in [-0.25, -0.2) is 0 Å². The summed E-state index contributed by atoms with van der Waals surface area (Å²) >= 11 is 0. The van der Waals surface area contributed by atoms with E-state index in [0.29, 0.717) is 25.6 Å². The second-order valence-electron chi connectivity index (χ2n) is 10.4. The van der Waals surface area contributed by atoms with Gasteiger partial charge in [0.05, 0.1) is 12.2 Å². The summed E-state index contributed by atoms with van der Waals surface area (Å²) in [7, 11) is 0. The Labute approximate surface area is 184 Å². The summed E-state index contributed by atoms with van der Waals surface area (Å²) in [5.41, 5.74) is 2.04. The fraction of sp³-hybridized carbons (Fsp3) is 0.680. The van der Waals surface area contributed by atoms with E-state index in [1.54, 1.807) is 11.8 Å². The molecule has 0 saturated carbocycles. The van der Waals surface area contributed by atoms with Crippen molar-refractivity contribution in [3.05, 3.63) is 29.3 Å². The number of rotatable bonds is 1. The van der Waals surface area contributed by atoms with Crippen LogP contribution >= 0.6 is 0 Å². The zero-order valence-corrected chi connectivity index (χ0v) is 19.1. The van der Waals surface area contributed by atoms with Gasteiger partial charge < -0.3 is 19.3 Å². The first kappa shape index (κ1) is 20.8. The number of nitrogens with zero attached hydrogens (tertiary/aromatic N) is 2. The van der Waals surface area contributed by atoms with Crippen molar-refractivity contribution in [1.82, 2.24) is 9.80 Å². The highest BCUT2D eigenvalue weighted by Gasteiger charge is 2.52. The molecule has 0 bridgehead atoms. The topological polar surface area (TPSA) is 59.1 Å². The molecule has 0 aromatic heterocycles. The normalized spacial score (nSPS) is 33.7. The second-order valence-corrected chi connectivity index (χ2v) is 10.4. The molecule has 3 fully saturated rings. The van der Waals surface area contributed by atoms with E-state index in [0.717, 1.165) is 37.0 Å². The van der Waals surface area contributed by atoms with E-state index in [2.05, 4.69) is 39.0 Å². The number of carbonyl (C=O) groups is 2. The Balaban J connectivity index is 1.34. The van der Waals surface area contributed by atoms with Crippen LogP contribution in [0.15, 0.2) is 18.2 Å². The molecular weight excluding hydrogens is 392 g/mol. The lowest BCUT2D eigenvalue weighted by Crippen LogP contribution is -2.57. The molecule has 4 heterocycles. The Morgan fingerprint density at radius 3 is 2.74 bits per heavy atom. The summed E-state index contributed by atoms with van der Waals surface area (Å²) in [6.45, 7) is 10.1. The van der Waals surface area contributed by atoms with E-state index in [9.17, 15) is 9.59 Å². The molecule has 0 spiro atoms. The Bertz CT molecular complexity index is 898. The van der Waals surface area contributed by atoms with E-state index < -0.39 is 0 Å². The van der Waals surface area contributed by atoms with E-state index in [4.69, 9.17) is 9.47 Å². The van der Waals surface area contributed by atoms with Crippen molar-refractivity contribution in [2.75, 3.05) is 19.6 Å². The van der Waals surface area contributed by atoms with Crippen molar-refractivity contribution in [2.45, 2.75) is 77.2 Å². The van der Waals surface area contributed by atoms with Gasteiger partial charge in [-0.15, -0.1) is 0 Å². The summed E-state index contributed by atoms with van der Waals surface area (Å²) in [6.07, 6.45) is 3.75. The standard InChI is InChI=1S/C25H34N2O4/c1-15-7-8-18-22(12-15)31-25(3,4)19-13-17-14-26(11-9-21(17)30-23(18)19)24(29)20-6-5-10-27(20)16(2)28/h7-8,12,17,19-21,23H,5-6,9-11,13-14H2,1-4H3/t17-,19+,20-,21+,23-/m0/s1. The van der Waals surface area contributed by atoms with Crippen LogP contribution in [0.25, 0.3) is 0 Å². The first-order chi connectivity index (χ1) is 14.7. The number of hydrogen-bond donors (Lipinski definition) is 0. The molecule has 0 radical (unpaired) electrons. The van der Waals surface area contributed by atoms with Gasteiger partial charge in [-0.2, -0.15) is 0 Å². The fourth-order valence-corrected chi connectivity index (χ4v) is 6.22. The highest BCUT2D eigenvalue weighted by atomic mass is 16.5. The minimum atomic E-state index is -0.320. The molecule has 6 nitrogen and oxygen atoms in total. The molecule has 4 aliphatic rings. The zero-order valence-electron chi connectivity index (χ0n) is 19.1. The summed E-state index contributed by atoms with van der Waals surface area (Å²) in [6, 6.07) is 6.13. The van der Waals surface area contributed by atoms with Crippen molar-refractivity contribution in [3.8, 4) is 5.75 Å². The number of carbonyl (C=O) groups excluding carboxylic acids is 2. The van der Waals surface area contributed by atoms with E-state index in [1.165, 1.54) is 5.56 Å². The number of fused-ring (bicyclic) bond motifs is 4. The molecule has 6 heteroatoms. The quantitative estimate of drug-likeness (QED) is 0.690. The third-order valence-corrected chi connectivity index (χ3v) is 7.90. The zero-order chi connectivity index (χ0) is 21.9. The predicted octanol–water partition coefficient (Wildman–Crippen LogP) is 3.47. The lowest BCUT2D eigenvalue weighted by atomic mass is 9.70. The van der Waals surface area contributed by atoms with Crippen molar-refractivity contribution in [3.63, 3.8) is 0 Å². The number of amides is 2. The van der Waals surface area contributed by atoms with Crippen molar-refractivity contribution in [1.29, 1.82) is 0 Å². The van der Waals surface area contributed by atoms with Crippen molar-refractivity contribution < 1.29 is 19.1 Å². The Kier molecular flexibility index (Phi) is 5.04. The molecule has 2 amide bonds. The predicted molar refractivity (Wildman–Crippen MR) is 117 cm³/mol. The third-order valence-electron chi connectivity index (χ3n) is 7.90. The fourth-order valence-electron chi connectivity index (χ4n) is 6.22. The molecule has 168 valence electrons. The largest absolute Gasteiger partial charge is 0.487 e. The number of benzene rings is 1. The SMILES string of the molecule is CC(=O)N1CCC[C@H]1C(=O)N1CC[C@H]2O[C@H]3c4ccc(C)cc4OC(C)(C)[C@@H]3C[C@H]2C1. The second kappa shape index (κ2) is 7.51. The minimum Gasteiger partial charge on any atom is -0.487 e. The van der Waals surface area contributed by atoms with Crippen LogP contribution in [-0.2, 0) is 14.3 Å². The highest BCUT2D eigenvalue weighted by Crippen LogP contribution is 2.53. The first-order valence-corrected chi connectivity index (χ1v) is 11.8. The highest BCUT2D eigenvalue weighted by molar-refractivity contribution is 5.87. The monoisotopic (exact) mass is 426 g/mol. The maximum absolute atomic E-state index is 13.3. The Hall–Kier alpha value is -2.08. The van der Waals surface area contributed by atoms with Crippen LogP contribution in [0, 0.1) is 18.8 Å². The Morgan fingerprint density at radius 2 is 1.97 bits per heavy atom. The van der Waals surface area contributed by atoms with Crippen molar-refractivity contribution in [2.24, 2.45) is 11.8 Å². The van der Waals surface area contributed by atoms with Gasteiger partial charge in [0, 0.05) is 44.0 Å². The number of piperidine rings is 1. The van der Waals surface area contributed by atoms with E-state index in [1.807, 2.05) is 4.90 Å². The summed E-state index contributed by atoms with van der Waals surface area (Å²) in [4.78, 5) is 28.9. The smallest absolute Gasteiger partial charge is 0.245 e. The van der Waals surface area contributed by atoms with E-state index >= 15 is 0 Å². The van der Waals surface area contributed by atoms with Crippen LogP contribution in [0.5, 0.6) is 5.75 Å².